The van der Waals surface area contributed by atoms with Crippen molar-refractivity contribution >= 4 is 0 Å². The smallest absolute Gasteiger partial charge is 0.297 e. The Morgan fingerprint density at radius 3 is 2.42 bits per heavy atom. The molecule has 66 valence electrons. The molecule has 1 heterocycles. The summed E-state index contributed by atoms with van der Waals surface area (Å²) in [6.07, 6.45) is 5.38. The fourth-order valence-corrected chi connectivity index (χ4v) is 0.864. The van der Waals surface area contributed by atoms with Crippen molar-refractivity contribution in [3.8, 4) is 0 Å². The van der Waals surface area contributed by atoms with Gasteiger partial charge in [0.05, 0.1) is 6.26 Å². The minimum atomic E-state index is 0. The Kier molecular flexibility index (Phi) is 5.13. The molecule has 0 bridgehead atoms. The number of halogens is 1. The van der Waals surface area contributed by atoms with E-state index in [4.69, 9.17) is 4.74 Å². The summed E-state index contributed by atoms with van der Waals surface area (Å²) in [6, 6.07) is 5.89. The monoisotopic (exact) mass is 185 g/mol. The van der Waals surface area contributed by atoms with Crippen molar-refractivity contribution in [1.82, 2.24) is 0 Å². The van der Waals surface area contributed by atoms with E-state index < -0.39 is 0 Å². The zero-order valence-corrected chi connectivity index (χ0v) is 7.74. The molecule has 0 spiro atoms. The highest BCUT2D eigenvalue weighted by Crippen LogP contribution is 1.95. The zero-order chi connectivity index (χ0) is 8.10. The zero-order valence-electron chi connectivity index (χ0n) is 6.98. The molecule has 0 N–H and O–H groups in total. The van der Waals surface area contributed by atoms with Crippen molar-refractivity contribution in [3.05, 3.63) is 43.4 Å². The van der Waals surface area contributed by atoms with Crippen LogP contribution in [0.2, 0.25) is 0 Å². The van der Waals surface area contributed by atoms with Crippen molar-refractivity contribution in [2.24, 2.45) is 0 Å². The number of pyridine rings is 1. The Labute approximate surface area is 78.9 Å². The van der Waals surface area contributed by atoms with Crippen LogP contribution in [-0.4, -0.2) is 0 Å². The summed E-state index contributed by atoms with van der Waals surface area (Å²) in [5, 5.41) is 0. The first-order valence-corrected chi connectivity index (χ1v) is 3.56. The molecule has 2 nitrogen and oxygen atoms in total. The lowest BCUT2D eigenvalue weighted by Crippen LogP contribution is -3.00. The van der Waals surface area contributed by atoms with Gasteiger partial charge in [-0.1, -0.05) is 12.6 Å². The van der Waals surface area contributed by atoms with E-state index in [1.165, 1.54) is 6.26 Å². The molecule has 12 heavy (non-hydrogen) atoms. The van der Waals surface area contributed by atoms with E-state index in [2.05, 4.69) is 6.58 Å². The summed E-state index contributed by atoms with van der Waals surface area (Å²) in [4.78, 5) is 0. The molecule has 1 unspecified atom stereocenters. The van der Waals surface area contributed by atoms with Crippen molar-refractivity contribution in [2.45, 2.75) is 13.2 Å². The molecule has 0 saturated heterocycles. The summed E-state index contributed by atoms with van der Waals surface area (Å²) in [6.45, 7) is 5.45. The predicted molar refractivity (Wildman–Crippen MR) is 42.6 cm³/mol. The van der Waals surface area contributed by atoms with E-state index >= 15 is 0 Å². The Bertz CT molecular complexity index is 225. The molecule has 1 aromatic rings. The van der Waals surface area contributed by atoms with Crippen LogP contribution in [0.4, 0.5) is 0 Å². The van der Waals surface area contributed by atoms with Gasteiger partial charge < -0.3 is 17.1 Å². The van der Waals surface area contributed by atoms with Crippen molar-refractivity contribution < 1.29 is 21.7 Å². The van der Waals surface area contributed by atoms with E-state index in [1.807, 2.05) is 42.1 Å². The van der Waals surface area contributed by atoms with Gasteiger partial charge in [-0.15, -0.1) is 0 Å². The van der Waals surface area contributed by atoms with Crippen LogP contribution < -0.4 is 17.0 Å². The second kappa shape index (κ2) is 5.61. The Hall–Kier alpha value is -1.02. The van der Waals surface area contributed by atoms with Crippen LogP contribution in [0.5, 0.6) is 0 Å². The highest BCUT2D eigenvalue weighted by Gasteiger charge is 2.07. The predicted octanol–water partition coefficient (Wildman–Crippen LogP) is -1.34. The topological polar surface area (TPSA) is 13.1 Å². The van der Waals surface area contributed by atoms with Crippen LogP contribution in [0.25, 0.3) is 0 Å². The third-order valence-electron chi connectivity index (χ3n) is 1.45. The van der Waals surface area contributed by atoms with Gasteiger partial charge in [0, 0.05) is 19.1 Å². The van der Waals surface area contributed by atoms with E-state index in [0.29, 0.717) is 0 Å². The first-order chi connectivity index (χ1) is 5.34. The van der Waals surface area contributed by atoms with Gasteiger partial charge in [-0.3, -0.25) is 0 Å². The number of aromatic nitrogens is 1. The molecular formula is C9H12ClNO. The molecule has 0 amide bonds. The summed E-state index contributed by atoms with van der Waals surface area (Å²) in [5.74, 6) is 0. The lowest BCUT2D eigenvalue weighted by Gasteiger charge is -2.04. The van der Waals surface area contributed by atoms with Crippen LogP contribution >= 0.6 is 0 Å². The first-order valence-electron chi connectivity index (χ1n) is 3.56. The van der Waals surface area contributed by atoms with Gasteiger partial charge in [0.2, 0.25) is 0 Å². The minimum absolute atomic E-state index is 0. The van der Waals surface area contributed by atoms with Crippen LogP contribution in [0.15, 0.2) is 43.4 Å². The molecule has 0 aromatic carbocycles. The van der Waals surface area contributed by atoms with Gasteiger partial charge in [0.25, 0.3) is 6.23 Å². The minimum Gasteiger partial charge on any atom is -1.00 e. The maximum atomic E-state index is 5.15. The summed E-state index contributed by atoms with van der Waals surface area (Å²) >= 11 is 0. The van der Waals surface area contributed by atoms with E-state index in [-0.39, 0.29) is 18.6 Å². The van der Waals surface area contributed by atoms with Gasteiger partial charge >= 0.3 is 0 Å². The third-order valence-corrected chi connectivity index (χ3v) is 1.45. The number of ether oxygens (including phenoxy) is 1. The highest BCUT2D eigenvalue weighted by molar-refractivity contribution is 4.83. The molecule has 0 radical (unpaired) electrons. The quantitative estimate of drug-likeness (QED) is 0.420. The fourth-order valence-electron chi connectivity index (χ4n) is 0.864. The van der Waals surface area contributed by atoms with Gasteiger partial charge in [-0.2, -0.15) is 4.57 Å². The van der Waals surface area contributed by atoms with Crippen LogP contribution in [0, 0.1) is 0 Å². The lowest BCUT2D eigenvalue weighted by atomic mass is 10.5. The average Bonchev–Trinajstić information content (AvgIpc) is 2.07. The molecular weight excluding hydrogens is 174 g/mol. The second-order valence-corrected chi connectivity index (χ2v) is 2.22. The molecule has 1 aromatic heterocycles. The van der Waals surface area contributed by atoms with Crippen molar-refractivity contribution in [2.75, 3.05) is 0 Å². The van der Waals surface area contributed by atoms with Gasteiger partial charge in [-0.25, -0.2) is 0 Å². The Morgan fingerprint density at radius 1 is 1.33 bits per heavy atom. The summed E-state index contributed by atoms with van der Waals surface area (Å²) < 4.78 is 7.11. The Balaban J connectivity index is 0.00000121. The standard InChI is InChI=1S/C9H12NO.ClH/c1-3-11-9(2)10-7-5-4-6-8-10;/h3-9H,1H2,2H3;1H/q+1;/p-1. The average molecular weight is 186 g/mol. The highest BCUT2D eigenvalue weighted by atomic mass is 35.5. The van der Waals surface area contributed by atoms with E-state index in [0.717, 1.165) is 0 Å². The van der Waals surface area contributed by atoms with E-state index in [1.54, 1.807) is 0 Å². The van der Waals surface area contributed by atoms with Crippen LogP contribution in [0.1, 0.15) is 13.2 Å². The molecule has 0 saturated carbocycles. The summed E-state index contributed by atoms with van der Waals surface area (Å²) in [5.41, 5.74) is 0. The van der Waals surface area contributed by atoms with Gasteiger partial charge in [-0.05, 0) is 0 Å². The second-order valence-electron chi connectivity index (χ2n) is 2.22. The molecule has 1 atom stereocenters. The Morgan fingerprint density at radius 2 is 1.92 bits per heavy atom. The molecule has 0 aliphatic carbocycles. The maximum absolute atomic E-state index is 5.15. The van der Waals surface area contributed by atoms with Crippen LogP contribution in [0.3, 0.4) is 0 Å². The number of nitrogens with zero attached hydrogens (tertiary/aromatic N) is 1. The normalized spacial score (nSPS) is 11.1. The molecule has 3 heteroatoms. The SMILES string of the molecule is C=COC(C)[n+]1ccccc1.[Cl-]. The van der Waals surface area contributed by atoms with Gasteiger partial charge in [0.15, 0.2) is 12.4 Å². The number of hydrogen-bond acceptors (Lipinski definition) is 1. The number of rotatable bonds is 3. The lowest BCUT2D eigenvalue weighted by molar-refractivity contribution is -0.754. The molecule has 1 rings (SSSR count). The molecule has 0 fully saturated rings. The largest absolute Gasteiger partial charge is 1.00 e. The third kappa shape index (κ3) is 2.93. The summed E-state index contributed by atoms with van der Waals surface area (Å²) in [7, 11) is 0. The number of hydrogen-bond donors (Lipinski definition) is 0. The van der Waals surface area contributed by atoms with Crippen molar-refractivity contribution in [1.29, 1.82) is 0 Å². The van der Waals surface area contributed by atoms with E-state index in [9.17, 15) is 0 Å². The van der Waals surface area contributed by atoms with Gasteiger partial charge in [0.1, 0.15) is 0 Å². The molecule has 0 aliphatic rings. The maximum Gasteiger partial charge on any atom is 0.297 e. The molecule has 0 aliphatic heterocycles. The fraction of sp³-hybridized carbons (Fsp3) is 0.222. The first kappa shape index (κ1) is 11.0. The van der Waals surface area contributed by atoms with Crippen molar-refractivity contribution in [3.63, 3.8) is 0 Å². The van der Waals surface area contributed by atoms with Crippen LogP contribution in [-0.2, 0) is 4.74 Å².